The summed E-state index contributed by atoms with van der Waals surface area (Å²) in [5.74, 6) is 1.02. The lowest BCUT2D eigenvalue weighted by Crippen LogP contribution is -1.99. The fraction of sp³-hybridized carbons (Fsp3) is 0.923. The lowest BCUT2D eigenvalue weighted by Gasteiger charge is -2.00. The summed E-state index contributed by atoms with van der Waals surface area (Å²) in [6.45, 7) is 2.24. The van der Waals surface area contributed by atoms with Crippen molar-refractivity contribution in [3.05, 3.63) is 0 Å². The molecule has 1 heteroatoms. The standard InChI is InChI=1S/C13H24O/c1-2-3-4-5-6-7-8-9-13(14)12-10-11-12/h12H,2-11H2,1H3. The molecule has 0 saturated heterocycles. The first kappa shape index (κ1) is 11.7. The SMILES string of the molecule is CCCCCCCCCC(=O)C1CC1. The first-order valence-electron chi connectivity index (χ1n) is 6.37. The molecule has 0 bridgehead atoms. The fourth-order valence-corrected chi connectivity index (χ4v) is 1.87. The van der Waals surface area contributed by atoms with Gasteiger partial charge in [0.1, 0.15) is 5.78 Å². The minimum atomic E-state index is 0.482. The van der Waals surface area contributed by atoms with E-state index < -0.39 is 0 Å². The number of Topliss-reactive ketones (excluding diaryl/α,β-unsaturated/α-hetero) is 1. The summed E-state index contributed by atoms with van der Waals surface area (Å²) in [6.07, 6.45) is 12.4. The number of carbonyl (C=O) groups excluding carboxylic acids is 1. The van der Waals surface area contributed by atoms with Gasteiger partial charge in [0.25, 0.3) is 0 Å². The molecule has 0 aromatic rings. The summed E-state index contributed by atoms with van der Waals surface area (Å²) in [7, 11) is 0. The van der Waals surface area contributed by atoms with Gasteiger partial charge in [0.15, 0.2) is 0 Å². The third-order valence-electron chi connectivity index (χ3n) is 3.06. The highest BCUT2D eigenvalue weighted by Crippen LogP contribution is 2.31. The summed E-state index contributed by atoms with van der Waals surface area (Å²) in [5, 5.41) is 0. The van der Waals surface area contributed by atoms with E-state index in [9.17, 15) is 4.79 Å². The van der Waals surface area contributed by atoms with E-state index in [2.05, 4.69) is 6.92 Å². The van der Waals surface area contributed by atoms with Gasteiger partial charge in [0, 0.05) is 12.3 Å². The zero-order valence-electron chi connectivity index (χ0n) is 9.56. The lowest BCUT2D eigenvalue weighted by molar-refractivity contribution is -0.120. The van der Waals surface area contributed by atoms with Gasteiger partial charge < -0.3 is 0 Å². The molecule has 82 valence electrons. The molecular formula is C13H24O. The Bertz CT molecular complexity index is 159. The minimum absolute atomic E-state index is 0.482. The van der Waals surface area contributed by atoms with Gasteiger partial charge >= 0.3 is 0 Å². The Morgan fingerprint density at radius 2 is 1.57 bits per heavy atom. The van der Waals surface area contributed by atoms with E-state index in [4.69, 9.17) is 0 Å². The summed E-state index contributed by atoms with van der Waals surface area (Å²) in [6, 6.07) is 0. The molecule has 1 rings (SSSR count). The zero-order valence-corrected chi connectivity index (χ0v) is 9.56. The molecule has 0 aromatic carbocycles. The van der Waals surface area contributed by atoms with Crippen molar-refractivity contribution in [3.8, 4) is 0 Å². The number of carbonyl (C=O) groups is 1. The topological polar surface area (TPSA) is 17.1 Å². The lowest BCUT2D eigenvalue weighted by atomic mass is 10.1. The van der Waals surface area contributed by atoms with Crippen LogP contribution in [-0.4, -0.2) is 5.78 Å². The maximum atomic E-state index is 11.3. The molecule has 1 aliphatic rings. The molecule has 0 aliphatic heterocycles. The monoisotopic (exact) mass is 196 g/mol. The molecule has 1 aliphatic carbocycles. The van der Waals surface area contributed by atoms with E-state index in [-0.39, 0.29) is 0 Å². The first-order chi connectivity index (χ1) is 6.84. The van der Waals surface area contributed by atoms with Crippen LogP contribution in [0.15, 0.2) is 0 Å². The number of ketones is 1. The Kier molecular flexibility index (Phi) is 5.89. The molecule has 14 heavy (non-hydrogen) atoms. The van der Waals surface area contributed by atoms with Gasteiger partial charge in [-0.3, -0.25) is 4.79 Å². The van der Waals surface area contributed by atoms with Crippen LogP contribution in [0.2, 0.25) is 0 Å². The van der Waals surface area contributed by atoms with E-state index in [0.717, 1.165) is 12.8 Å². The summed E-state index contributed by atoms with van der Waals surface area (Å²) in [4.78, 5) is 11.3. The van der Waals surface area contributed by atoms with E-state index in [0.29, 0.717) is 11.7 Å². The van der Waals surface area contributed by atoms with Crippen LogP contribution in [0.5, 0.6) is 0 Å². The third-order valence-corrected chi connectivity index (χ3v) is 3.06. The predicted molar refractivity (Wildman–Crippen MR) is 60.3 cm³/mol. The molecule has 1 fully saturated rings. The highest BCUT2D eigenvalue weighted by Gasteiger charge is 2.28. The molecule has 1 nitrogen and oxygen atoms in total. The van der Waals surface area contributed by atoms with Crippen molar-refractivity contribution in [2.75, 3.05) is 0 Å². The Morgan fingerprint density at radius 3 is 2.14 bits per heavy atom. The van der Waals surface area contributed by atoms with Crippen LogP contribution < -0.4 is 0 Å². The molecule has 0 heterocycles. The summed E-state index contributed by atoms with van der Waals surface area (Å²) >= 11 is 0. The average Bonchev–Trinajstić information content (AvgIpc) is 2.99. The van der Waals surface area contributed by atoms with Crippen molar-refractivity contribution in [2.45, 2.75) is 71.1 Å². The van der Waals surface area contributed by atoms with Crippen LogP contribution in [0.3, 0.4) is 0 Å². The van der Waals surface area contributed by atoms with Crippen molar-refractivity contribution < 1.29 is 4.79 Å². The van der Waals surface area contributed by atoms with Crippen molar-refractivity contribution in [1.29, 1.82) is 0 Å². The maximum absolute atomic E-state index is 11.3. The van der Waals surface area contributed by atoms with Crippen LogP contribution >= 0.6 is 0 Å². The van der Waals surface area contributed by atoms with Crippen LogP contribution in [0.4, 0.5) is 0 Å². The summed E-state index contributed by atoms with van der Waals surface area (Å²) in [5.41, 5.74) is 0. The normalized spacial score (nSPS) is 15.8. The van der Waals surface area contributed by atoms with Crippen LogP contribution in [-0.2, 0) is 4.79 Å². The quantitative estimate of drug-likeness (QED) is 0.507. The Hall–Kier alpha value is -0.330. The Balaban J connectivity index is 1.77. The Morgan fingerprint density at radius 1 is 1.00 bits per heavy atom. The van der Waals surface area contributed by atoms with Crippen molar-refractivity contribution in [1.82, 2.24) is 0 Å². The van der Waals surface area contributed by atoms with E-state index in [1.54, 1.807) is 0 Å². The molecule has 0 N–H and O–H groups in total. The van der Waals surface area contributed by atoms with Crippen LogP contribution in [0.25, 0.3) is 0 Å². The van der Waals surface area contributed by atoms with Gasteiger partial charge in [-0.05, 0) is 19.3 Å². The molecule has 0 unspecified atom stereocenters. The first-order valence-corrected chi connectivity index (χ1v) is 6.37. The van der Waals surface area contributed by atoms with Gasteiger partial charge in [-0.1, -0.05) is 45.4 Å². The second kappa shape index (κ2) is 7.03. The fourth-order valence-electron chi connectivity index (χ4n) is 1.87. The van der Waals surface area contributed by atoms with Crippen LogP contribution in [0, 0.1) is 5.92 Å². The highest BCUT2D eigenvalue weighted by atomic mass is 16.1. The van der Waals surface area contributed by atoms with Crippen molar-refractivity contribution in [3.63, 3.8) is 0 Å². The third kappa shape index (κ3) is 5.41. The maximum Gasteiger partial charge on any atom is 0.135 e. The van der Waals surface area contributed by atoms with Crippen LogP contribution in [0.1, 0.15) is 71.1 Å². The van der Waals surface area contributed by atoms with Gasteiger partial charge in [-0.25, -0.2) is 0 Å². The van der Waals surface area contributed by atoms with Crippen molar-refractivity contribution >= 4 is 5.78 Å². The minimum Gasteiger partial charge on any atom is -0.299 e. The number of rotatable bonds is 9. The van der Waals surface area contributed by atoms with Gasteiger partial charge in [-0.15, -0.1) is 0 Å². The highest BCUT2D eigenvalue weighted by molar-refractivity contribution is 5.82. The van der Waals surface area contributed by atoms with E-state index in [1.807, 2.05) is 0 Å². The van der Waals surface area contributed by atoms with E-state index in [1.165, 1.54) is 51.4 Å². The smallest absolute Gasteiger partial charge is 0.135 e. The van der Waals surface area contributed by atoms with E-state index >= 15 is 0 Å². The molecule has 0 aromatic heterocycles. The molecular weight excluding hydrogens is 172 g/mol. The number of unbranched alkanes of at least 4 members (excludes halogenated alkanes) is 6. The van der Waals surface area contributed by atoms with Crippen molar-refractivity contribution in [2.24, 2.45) is 5.92 Å². The number of hydrogen-bond donors (Lipinski definition) is 0. The zero-order chi connectivity index (χ0) is 10.2. The average molecular weight is 196 g/mol. The van der Waals surface area contributed by atoms with Gasteiger partial charge in [0.05, 0.1) is 0 Å². The molecule has 0 amide bonds. The Labute approximate surface area is 88.3 Å². The second-order valence-electron chi connectivity index (χ2n) is 4.61. The van der Waals surface area contributed by atoms with Gasteiger partial charge in [-0.2, -0.15) is 0 Å². The number of hydrogen-bond acceptors (Lipinski definition) is 1. The molecule has 0 radical (unpaired) electrons. The second-order valence-corrected chi connectivity index (χ2v) is 4.61. The molecule has 0 atom stereocenters. The molecule has 1 saturated carbocycles. The van der Waals surface area contributed by atoms with Gasteiger partial charge in [0.2, 0.25) is 0 Å². The predicted octanol–water partition coefficient (Wildman–Crippen LogP) is 4.11. The largest absolute Gasteiger partial charge is 0.299 e. The molecule has 0 spiro atoms. The summed E-state index contributed by atoms with van der Waals surface area (Å²) < 4.78 is 0.